The minimum absolute atomic E-state index is 0.329. The van der Waals surface area contributed by atoms with E-state index in [1.165, 1.54) is 10.6 Å². The topological polar surface area (TPSA) is 62.7 Å². The fourth-order valence-corrected chi connectivity index (χ4v) is 3.62. The maximum Gasteiger partial charge on any atom is 0.490 e. The average molecular weight is 402 g/mol. The van der Waals surface area contributed by atoms with Crippen LogP contribution in [0, 0.1) is 0 Å². The number of carboxylic acids is 1. The molecule has 1 aliphatic rings. The van der Waals surface area contributed by atoms with E-state index < -0.39 is 12.1 Å². The van der Waals surface area contributed by atoms with Gasteiger partial charge in [0.05, 0.1) is 12.6 Å². The molecule has 2 atom stereocenters. The molecular weight excluding hydrogens is 381 g/mol. The molecule has 1 aliphatic heterocycles. The molecule has 0 radical (unpaired) electrons. The number of aliphatic carboxylic acids is 1. The van der Waals surface area contributed by atoms with Gasteiger partial charge < -0.3 is 9.84 Å². The van der Waals surface area contributed by atoms with Crippen molar-refractivity contribution in [2.75, 3.05) is 13.7 Å². The lowest BCUT2D eigenvalue weighted by Crippen LogP contribution is -2.37. The van der Waals surface area contributed by atoms with E-state index in [4.69, 9.17) is 14.6 Å². The molecule has 2 heterocycles. The molecule has 1 aromatic carbocycles. The molecule has 3 rings (SSSR count). The first-order valence-corrected chi connectivity index (χ1v) is 9.18. The molecule has 0 spiro atoms. The molecule has 2 aromatic rings. The maximum atomic E-state index is 10.6. The zero-order chi connectivity index (χ0) is 19.9. The van der Waals surface area contributed by atoms with Crippen molar-refractivity contribution in [3.05, 3.63) is 52.5 Å². The van der Waals surface area contributed by atoms with Gasteiger partial charge in [-0.25, -0.2) is 9.78 Å². The molecule has 0 aliphatic carbocycles. The fourth-order valence-electron chi connectivity index (χ4n) is 2.98. The molecule has 27 heavy (non-hydrogen) atoms. The van der Waals surface area contributed by atoms with Crippen molar-refractivity contribution in [3.8, 4) is 0 Å². The highest BCUT2D eigenvalue weighted by Gasteiger charge is 2.38. The van der Waals surface area contributed by atoms with E-state index in [9.17, 15) is 13.2 Å². The molecule has 0 amide bonds. The number of aromatic nitrogens is 1. The van der Waals surface area contributed by atoms with E-state index in [0.29, 0.717) is 12.1 Å². The Bertz CT molecular complexity index is 696. The van der Waals surface area contributed by atoms with Gasteiger partial charge in [-0.15, -0.1) is 11.3 Å². The molecule has 1 aromatic heterocycles. The highest BCUT2D eigenvalue weighted by Crippen LogP contribution is 2.26. The number of nitrogens with zero attached hydrogens (tertiary/aromatic N) is 2. The van der Waals surface area contributed by atoms with Gasteiger partial charge in [0.15, 0.2) is 0 Å². The number of ether oxygens (including phenoxy) is 1. The van der Waals surface area contributed by atoms with Crippen molar-refractivity contribution >= 4 is 17.3 Å². The second-order valence-electron chi connectivity index (χ2n) is 6.02. The van der Waals surface area contributed by atoms with Gasteiger partial charge in [-0.05, 0) is 18.4 Å². The summed E-state index contributed by atoms with van der Waals surface area (Å²) >= 11 is 1.73. The van der Waals surface area contributed by atoms with Gasteiger partial charge in [0.2, 0.25) is 0 Å². The van der Waals surface area contributed by atoms with Crippen LogP contribution >= 0.6 is 11.3 Å². The Balaban J connectivity index is 0.000000321. The van der Waals surface area contributed by atoms with Gasteiger partial charge in [-0.1, -0.05) is 30.3 Å². The SMILES string of the molecule is CO[C@H]1CCN(Cc2nccs2)[C@H]1Cc1ccccc1.O=C(O)C(F)(F)F. The van der Waals surface area contributed by atoms with Gasteiger partial charge >= 0.3 is 12.1 Å². The first kappa shape index (κ1) is 21.3. The average Bonchev–Trinajstić information content (AvgIpc) is 3.26. The number of alkyl halides is 3. The van der Waals surface area contributed by atoms with Gasteiger partial charge in [0, 0.05) is 31.3 Å². The van der Waals surface area contributed by atoms with Crippen LogP contribution in [0.25, 0.3) is 0 Å². The standard InChI is InChI=1S/C16H20N2OS.C2HF3O2/c1-19-15-7-9-18(12-16-17-8-10-20-16)14(15)11-13-5-3-2-4-6-13;3-2(4,5)1(6)7/h2-6,8,10,14-15H,7,9,11-12H2,1H3;(H,6,7)/t14-,15-;/m0./s1. The van der Waals surface area contributed by atoms with Crippen molar-refractivity contribution in [3.63, 3.8) is 0 Å². The Morgan fingerprint density at radius 2 is 2.04 bits per heavy atom. The van der Waals surface area contributed by atoms with Crippen LogP contribution in [0.1, 0.15) is 17.0 Å². The number of hydrogen-bond donors (Lipinski definition) is 1. The lowest BCUT2D eigenvalue weighted by molar-refractivity contribution is -0.192. The first-order valence-electron chi connectivity index (χ1n) is 8.30. The van der Waals surface area contributed by atoms with Crippen molar-refractivity contribution in [1.82, 2.24) is 9.88 Å². The predicted octanol–water partition coefficient (Wildman–Crippen LogP) is 3.61. The summed E-state index contributed by atoms with van der Waals surface area (Å²) in [6, 6.07) is 11.1. The molecule has 5 nitrogen and oxygen atoms in total. The van der Waals surface area contributed by atoms with Crippen LogP contribution in [-0.2, 0) is 22.5 Å². The van der Waals surface area contributed by atoms with E-state index in [2.05, 4.69) is 40.2 Å². The number of likely N-dealkylation sites (tertiary alicyclic amines) is 1. The number of hydrogen-bond acceptors (Lipinski definition) is 5. The Hall–Kier alpha value is -1.97. The molecule has 1 fully saturated rings. The highest BCUT2D eigenvalue weighted by atomic mass is 32.1. The zero-order valence-electron chi connectivity index (χ0n) is 14.7. The lowest BCUT2D eigenvalue weighted by atomic mass is 10.0. The molecule has 1 N–H and O–H groups in total. The molecule has 0 bridgehead atoms. The summed E-state index contributed by atoms with van der Waals surface area (Å²) in [5, 5.41) is 10.4. The highest BCUT2D eigenvalue weighted by molar-refractivity contribution is 7.09. The van der Waals surface area contributed by atoms with Gasteiger partial charge in [0.1, 0.15) is 5.01 Å². The summed E-state index contributed by atoms with van der Waals surface area (Å²) in [6.45, 7) is 2.03. The Labute approximate surface area is 159 Å². The predicted molar refractivity (Wildman–Crippen MR) is 95.6 cm³/mol. The minimum Gasteiger partial charge on any atom is -0.475 e. The van der Waals surface area contributed by atoms with E-state index in [1.807, 2.05) is 18.7 Å². The van der Waals surface area contributed by atoms with E-state index in [-0.39, 0.29) is 0 Å². The fraction of sp³-hybridized carbons (Fsp3) is 0.444. The van der Waals surface area contributed by atoms with Crippen LogP contribution in [0.4, 0.5) is 13.2 Å². The summed E-state index contributed by atoms with van der Waals surface area (Å²) in [4.78, 5) is 15.8. The maximum absolute atomic E-state index is 10.6. The number of halogens is 3. The Kier molecular flexibility index (Phi) is 7.76. The quantitative estimate of drug-likeness (QED) is 0.828. The van der Waals surface area contributed by atoms with Crippen molar-refractivity contribution in [2.45, 2.75) is 37.7 Å². The van der Waals surface area contributed by atoms with Crippen LogP contribution in [0.15, 0.2) is 41.9 Å². The van der Waals surface area contributed by atoms with Crippen molar-refractivity contribution < 1.29 is 27.8 Å². The van der Waals surface area contributed by atoms with Crippen molar-refractivity contribution in [2.24, 2.45) is 0 Å². The van der Waals surface area contributed by atoms with E-state index >= 15 is 0 Å². The summed E-state index contributed by atoms with van der Waals surface area (Å²) in [5.41, 5.74) is 1.38. The van der Waals surface area contributed by atoms with Gasteiger partial charge in [-0.2, -0.15) is 13.2 Å². The normalized spacial score (nSPS) is 20.1. The Morgan fingerprint density at radius 3 is 2.56 bits per heavy atom. The molecule has 1 saturated heterocycles. The van der Waals surface area contributed by atoms with Crippen LogP contribution in [-0.4, -0.2) is 52.9 Å². The summed E-state index contributed by atoms with van der Waals surface area (Å²) in [6.07, 6.45) is -0.713. The number of rotatable bonds is 5. The molecule has 0 unspecified atom stereocenters. The van der Waals surface area contributed by atoms with E-state index in [0.717, 1.165) is 25.9 Å². The van der Waals surface area contributed by atoms with Crippen molar-refractivity contribution in [1.29, 1.82) is 0 Å². The lowest BCUT2D eigenvalue weighted by Gasteiger charge is -2.27. The largest absolute Gasteiger partial charge is 0.490 e. The van der Waals surface area contributed by atoms with Gasteiger partial charge in [0.25, 0.3) is 0 Å². The third-order valence-corrected chi connectivity index (χ3v) is 5.02. The van der Waals surface area contributed by atoms with Gasteiger partial charge in [-0.3, -0.25) is 4.90 Å². The summed E-state index contributed by atoms with van der Waals surface area (Å²) < 4.78 is 37.4. The molecule has 0 saturated carbocycles. The molecular formula is C18H21F3N2O3S. The summed E-state index contributed by atoms with van der Waals surface area (Å²) in [7, 11) is 1.83. The minimum atomic E-state index is -5.08. The monoisotopic (exact) mass is 402 g/mol. The number of carboxylic acid groups (broad SMARTS) is 1. The molecule has 9 heteroatoms. The third kappa shape index (κ3) is 6.60. The second-order valence-corrected chi connectivity index (χ2v) is 7.00. The zero-order valence-corrected chi connectivity index (χ0v) is 15.5. The number of benzene rings is 1. The van der Waals surface area contributed by atoms with Crippen LogP contribution < -0.4 is 0 Å². The summed E-state index contributed by atoms with van der Waals surface area (Å²) in [5.74, 6) is -2.76. The second kappa shape index (κ2) is 9.82. The van der Waals surface area contributed by atoms with E-state index in [1.54, 1.807) is 11.3 Å². The Morgan fingerprint density at radius 1 is 1.37 bits per heavy atom. The van der Waals surface area contributed by atoms with Crippen LogP contribution in [0.3, 0.4) is 0 Å². The van der Waals surface area contributed by atoms with Crippen LogP contribution in [0.5, 0.6) is 0 Å². The van der Waals surface area contributed by atoms with Crippen LogP contribution in [0.2, 0.25) is 0 Å². The number of thiazole rings is 1. The number of carbonyl (C=O) groups is 1. The third-order valence-electron chi connectivity index (χ3n) is 4.25. The first-order chi connectivity index (χ1) is 12.8. The number of methoxy groups -OCH3 is 1. The smallest absolute Gasteiger partial charge is 0.475 e. The molecule has 148 valence electrons.